The molecule has 0 bridgehead atoms. The second kappa shape index (κ2) is 4.37. The van der Waals surface area contributed by atoms with Gasteiger partial charge in [0, 0.05) is 6.42 Å². The van der Waals surface area contributed by atoms with E-state index in [2.05, 4.69) is 0 Å². The molecule has 0 saturated heterocycles. The van der Waals surface area contributed by atoms with Crippen molar-refractivity contribution in [3.8, 4) is 0 Å². The van der Waals surface area contributed by atoms with Crippen LogP contribution in [-0.4, -0.2) is 5.91 Å². The van der Waals surface area contributed by atoms with Crippen LogP contribution in [0.25, 0.3) is 0 Å². The molecular weight excluding hydrogens is 102 g/mol. The van der Waals surface area contributed by atoms with E-state index in [-0.39, 0.29) is 5.91 Å². The molecule has 0 aromatic rings. The van der Waals surface area contributed by atoms with Crippen molar-refractivity contribution in [2.24, 2.45) is 5.73 Å². The fraction of sp³-hybridized carbons (Fsp3) is 0.500. The topological polar surface area (TPSA) is 43.1 Å². The molecule has 46 valence electrons. The molecule has 0 aliphatic rings. The Morgan fingerprint density at radius 2 is 2.38 bits per heavy atom. The SMILES string of the molecule is CC=CCCC(N)=O. The third-order valence-electron chi connectivity index (χ3n) is 0.793. The van der Waals surface area contributed by atoms with Crippen LogP contribution in [0.4, 0.5) is 0 Å². The largest absolute Gasteiger partial charge is 0.370 e. The molecule has 1 amide bonds. The maximum Gasteiger partial charge on any atom is 0.217 e. The summed E-state index contributed by atoms with van der Waals surface area (Å²) < 4.78 is 0. The zero-order valence-electron chi connectivity index (χ0n) is 5.05. The summed E-state index contributed by atoms with van der Waals surface area (Å²) in [6, 6.07) is 0. The van der Waals surface area contributed by atoms with E-state index in [1.165, 1.54) is 0 Å². The molecule has 0 aliphatic heterocycles. The first-order valence-corrected chi connectivity index (χ1v) is 2.67. The molecule has 2 heteroatoms. The van der Waals surface area contributed by atoms with Crippen LogP contribution in [0.3, 0.4) is 0 Å². The van der Waals surface area contributed by atoms with Crippen LogP contribution in [-0.2, 0) is 4.79 Å². The van der Waals surface area contributed by atoms with Gasteiger partial charge in [-0.05, 0) is 13.3 Å². The number of hydrogen-bond donors (Lipinski definition) is 1. The Morgan fingerprint density at radius 3 is 2.75 bits per heavy atom. The standard InChI is InChI=1S/C6H11NO/c1-2-3-4-5-6(7)8/h2-3H,4-5H2,1H3,(H2,7,8). The lowest BCUT2D eigenvalue weighted by Gasteiger charge is -1.84. The van der Waals surface area contributed by atoms with Crippen LogP contribution in [0.5, 0.6) is 0 Å². The van der Waals surface area contributed by atoms with Crippen molar-refractivity contribution in [2.45, 2.75) is 19.8 Å². The highest BCUT2D eigenvalue weighted by atomic mass is 16.1. The van der Waals surface area contributed by atoms with E-state index in [1.807, 2.05) is 19.1 Å². The average Bonchev–Trinajstić information content (AvgIpc) is 1.66. The molecule has 0 unspecified atom stereocenters. The molecule has 0 fully saturated rings. The summed E-state index contributed by atoms with van der Waals surface area (Å²) >= 11 is 0. The molecule has 0 saturated carbocycles. The van der Waals surface area contributed by atoms with Crippen molar-refractivity contribution < 1.29 is 4.79 Å². The summed E-state index contributed by atoms with van der Waals surface area (Å²) in [6.45, 7) is 1.92. The van der Waals surface area contributed by atoms with Gasteiger partial charge in [0.25, 0.3) is 0 Å². The predicted molar refractivity (Wildman–Crippen MR) is 33.2 cm³/mol. The number of rotatable bonds is 3. The van der Waals surface area contributed by atoms with Crippen LogP contribution in [0.15, 0.2) is 12.2 Å². The molecule has 0 heterocycles. The van der Waals surface area contributed by atoms with Gasteiger partial charge in [0.2, 0.25) is 5.91 Å². The lowest BCUT2D eigenvalue weighted by Crippen LogP contribution is -2.08. The maximum absolute atomic E-state index is 10.1. The molecule has 8 heavy (non-hydrogen) atoms. The van der Waals surface area contributed by atoms with Crippen LogP contribution in [0.2, 0.25) is 0 Å². The number of hydrogen-bond acceptors (Lipinski definition) is 1. The van der Waals surface area contributed by atoms with Crippen LogP contribution in [0.1, 0.15) is 19.8 Å². The Kier molecular flexibility index (Phi) is 3.94. The minimum atomic E-state index is -0.233. The monoisotopic (exact) mass is 113 g/mol. The lowest BCUT2D eigenvalue weighted by atomic mass is 10.3. The molecule has 0 aromatic heterocycles. The highest BCUT2D eigenvalue weighted by Crippen LogP contribution is 1.87. The molecule has 0 aromatic carbocycles. The first-order valence-electron chi connectivity index (χ1n) is 2.67. The van der Waals surface area contributed by atoms with E-state index in [0.717, 1.165) is 6.42 Å². The lowest BCUT2D eigenvalue weighted by molar-refractivity contribution is -0.117. The molecule has 0 aliphatic carbocycles. The minimum absolute atomic E-state index is 0.233. The second-order valence-electron chi connectivity index (χ2n) is 1.57. The number of nitrogens with two attached hydrogens (primary N) is 1. The maximum atomic E-state index is 10.1. The first kappa shape index (κ1) is 7.21. The molecule has 0 radical (unpaired) electrons. The highest BCUT2D eigenvalue weighted by Gasteiger charge is 1.86. The number of primary amides is 1. The Hall–Kier alpha value is -0.790. The Bertz CT molecular complexity index is 96.7. The van der Waals surface area contributed by atoms with E-state index < -0.39 is 0 Å². The molecule has 0 rings (SSSR count). The molecule has 2 nitrogen and oxygen atoms in total. The van der Waals surface area contributed by atoms with Crippen molar-refractivity contribution in [1.29, 1.82) is 0 Å². The molecule has 0 atom stereocenters. The summed E-state index contributed by atoms with van der Waals surface area (Å²) in [4.78, 5) is 10.1. The van der Waals surface area contributed by atoms with E-state index in [1.54, 1.807) is 0 Å². The van der Waals surface area contributed by atoms with Gasteiger partial charge in [-0.2, -0.15) is 0 Å². The smallest absolute Gasteiger partial charge is 0.217 e. The quantitative estimate of drug-likeness (QED) is 0.541. The van der Waals surface area contributed by atoms with Gasteiger partial charge in [-0.1, -0.05) is 12.2 Å². The van der Waals surface area contributed by atoms with Crippen molar-refractivity contribution >= 4 is 5.91 Å². The van der Waals surface area contributed by atoms with E-state index in [0.29, 0.717) is 6.42 Å². The zero-order chi connectivity index (χ0) is 6.41. The normalized spacial score (nSPS) is 10.1. The van der Waals surface area contributed by atoms with Gasteiger partial charge in [0.1, 0.15) is 0 Å². The van der Waals surface area contributed by atoms with Gasteiger partial charge in [0.15, 0.2) is 0 Å². The Morgan fingerprint density at radius 1 is 1.75 bits per heavy atom. The van der Waals surface area contributed by atoms with Crippen LogP contribution < -0.4 is 5.73 Å². The average molecular weight is 113 g/mol. The van der Waals surface area contributed by atoms with Gasteiger partial charge in [-0.25, -0.2) is 0 Å². The third kappa shape index (κ3) is 5.21. The Labute approximate surface area is 49.4 Å². The van der Waals surface area contributed by atoms with Gasteiger partial charge in [0.05, 0.1) is 0 Å². The molecule has 0 spiro atoms. The second-order valence-corrected chi connectivity index (χ2v) is 1.57. The first-order chi connectivity index (χ1) is 3.77. The van der Waals surface area contributed by atoms with Crippen LogP contribution in [0, 0.1) is 0 Å². The van der Waals surface area contributed by atoms with Gasteiger partial charge < -0.3 is 5.73 Å². The number of carbonyl (C=O) groups excluding carboxylic acids is 1. The molecular formula is C6H11NO. The van der Waals surface area contributed by atoms with Gasteiger partial charge >= 0.3 is 0 Å². The number of amides is 1. The number of carbonyl (C=O) groups is 1. The van der Waals surface area contributed by atoms with Crippen LogP contribution >= 0.6 is 0 Å². The van der Waals surface area contributed by atoms with E-state index >= 15 is 0 Å². The highest BCUT2D eigenvalue weighted by molar-refractivity contribution is 5.73. The summed E-state index contributed by atoms with van der Waals surface area (Å²) in [5.74, 6) is -0.233. The van der Waals surface area contributed by atoms with Crippen molar-refractivity contribution in [3.05, 3.63) is 12.2 Å². The Balaban J connectivity index is 3.05. The molecule has 2 N–H and O–H groups in total. The van der Waals surface area contributed by atoms with Crippen molar-refractivity contribution in [3.63, 3.8) is 0 Å². The number of allylic oxidation sites excluding steroid dienone is 2. The van der Waals surface area contributed by atoms with E-state index in [9.17, 15) is 4.79 Å². The van der Waals surface area contributed by atoms with Crippen molar-refractivity contribution in [2.75, 3.05) is 0 Å². The summed E-state index contributed by atoms with van der Waals surface area (Å²) in [7, 11) is 0. The third-order valence-corrected chi connectivity index (χ3v) is 0.793. The summed E-state index contributed by atoms with van der Waals surface area (Å²) in [6.07, 6.45) is 5.06. The zero-order valence-corrected chi connectivity index (χ0v) is 5.05. The fourth-order valence-electron chi connectivity index (χ4n) is 0.392. The summed E-state index contributed by atoms with van der Waals surface area (Å²) in [5.41, 5.74) is 4.86. The summed E-state index contributed by atoms with van der Waals surface area (Å²) in [5, 5.41) is 0. The predicted octanol–water partition coefficient (Wildman–Crippen LogP) is 0.828. The fourth-order valence-corrected chi connectivity index (χ4v) is 0.392. The van der Waals surface area contributed by atoms with Crippen molar-refractivity contribution in [1.82, 2.24) is 0 Å². The van der Waals surface area contributed by atoms with Gasteiger partial charge in [-0.3, -0.25) is 4.79 Å². The minimum Gasteiger partial charge on any atom is -0.370 e. The van der Waals surface area contributed by atoms with Gasteiger partial charge in [-0.15, -0.1) is 0 Å². The van der Waals surface area contributed by atoms with E-state index in [4.69, 9.17) is 5.73 Å².